The van der Waals surface area contributed by atoms with Gasteiger partial charge in [0, 0.05) is 0 Å². The van der Waals surface area contributed by atoms with Crippen molar-refractivity contribution in [1.82, 2.24) is 0 Å². The Hall–Kier alpha value is 0.650. The predicted molar refractivity (Wildman–Crippen MR) is 45.7 cm³/mol. The molecule has 0 aliphatic rings. The molecule has 10 heavy (non-hydrogen) atoms. The summed E-state index contributed by atoms with van der Waals surface area (Å²) in [5, 5.41) is 3.04. The molecule has 0 N–H and O–H groups in total. The van der Waals surface area contributed by atoms with Gasteiger partial charge in [-0.15, -0.1) is 5.30 Å². The minimum Gasteiger partial charge on any atom is -1.00 e. The third-order valence-corrected chi connectivity index (χ3v) is 3.32. The summed E-state index contributed by atoms with van der Waals surface area (Å²) in [4.78, 5) is 0. The van der Waals surface area contributed by atoms with Crippen LogP contribution in [-0.2, 0) is 25.8 Å². The van der Waals surface area contributed by atoms with Crippen LogP contribution in [0, 0.1) is 27.7 Å². The van der Waals surface area contributed by atoms with E-state index < -0.39 is 0 Å². The quantitative estimate of drug-likeness (QED) is 0.544. The SMILES string of the molecule is Cc1p[c-](C)c(C)c1C.[H-].[H-].[Sc+3]. The van der Waals surface area contributed by atoms with Crippen LogP contribution in [0.15, 0.2) is 0 Å². The first-order valence-electron chi connectivity index (χ1n) is 3.20. The second-order valence-electron chi connectivity index (χ2n) is 2.53. The first kappa shape index (κ1) is 10.7. The van der Waals surface area contributed by atoms with Gasteiger partial charge in [0.1, 0.15) is 0 Å². The Morgan fingerprint density at radius 2 is 1.80 bits per heavy atom. The minimum absolute atomic E-state index is 0. The first-order valence-corrected chi connectivity index (χ1v) is 4.09. The van der Waals surface area contributed by atoms with Crippen molar-refractivity contribution in [3.8, 4) is 0 Å². The van der Waals surface area contributed by atoms with E-state index in [1.807, 2.05) is 0 Å². The second-order valence-corrected chi connectivity index (χ2v) is 4.10. The monoisotopic (exact) mass is 186 g/mol. The van der Waals surface area contributed by atoms with Crippen molar-refractivity contribution < 1.29 is 28.7 Å². The third kappa shape index (κ3) is 1.83. The fourth-order valence-electron chi connectivity index (χ4n) is 0.962. The number of rotatable bonds is 0. The van der Waals surface area contributed by atoms with E-state index in [4.69, 9.17) is 0 Å². The van der Waals surface area contributed by atoms with Crippen molar-refractivity contribution >= 4 is 8.19 Å². The molecule has 0 saturated heterocycles. The van der Waals surface area contributed by atoms with Crippen LogP contribution >= 0.6 is 8.19 Å². The molecule has 54 valence electrons. The second kappa shape index (κ2) is 3.88. The average Bonchev–Trinajstić information content (AvgIpc) is 1.98. The van der Waals surface area contributed by atoms with Crippen LogP contribution in [-0.4, -0.2) is 0 Å². The van der Waals surface area contributed by atoms with Crippen molar-refractivity contribution in [3.63, 3.8) is 0 Å². The van der Waals surface area contributed by atoms with Gasteiger partial charge in [-0.25, -0.2) is 8.19 Å². The third-order valence-electron chi connectivity index (χ3n) is 1.98. The summed E-state index contributed by atoms with van der Waals surface area (Å²) in [6.07, 6.45) is 0. The zero-order valence-electron chi connectivity index (χ0n) is 9.02. The summed E-state index contributed by atoms with van der Waals surface area (Å²) >= 11 is 0. The van der Waals surface area contributed by atoms with E-state index in [0.717, 1.165) is 0 Å². The predicted octanol–water partition coefficient (Wildman–Crippen LogP) is 3.44. The van der Waals surface area contributed by atoms with Gasteiger partial charge in [-0.2, -0.15) is 16.4 Å². The van der Waals surface area contributed by atoms with E-state index in [0.29, 0.717) is 0 Å². The number of hydrogen-bond acceptors (Lipinski definition) is 0. The Kier molecular flexibility index (Phi) is 4.13. The summed E-state index contributed by atoms with van der Waals surface area (Å²) in [7, 11) is 1.44. The fourth-order valence-corrected chi connectivity index (χ4v) is 2.14. The smallest absolute Gasteiger partial charge is 1.00 e. The Bertz CT molecular complexity index is 211. The molecule has 0 radical (unpaired) electrons. The molecule has 0 aliphatic carbocycles. The first-order chi connectivity index (χ1) is 4.13. The van der Waals surface area contributed by atoms with Gasteiger partial charge in [0.25, 0.3) is 0 Å². The van der Waals surface area contributed by atoms with Crippen LogP contribution in [0.25, 0.3) is 0 Å². The van der Waals surface area contributed by atoms with Gasteiger partial charge in [-0.05, 0) is 0 Å². The average molecular weight is 186 g/mol. The van der Waals surface area contributed by atoms with Gasteiger partial charge in [-0.3, -0.25) is 0 Å². The topological polar surface area (TPSA) is 0 Å². The minimum atomic E-state index is 0. The molecule has 1 aromatic rings. The molecule has 0 spiro atoms. The maximum Gasteiger partial charge on any atom is 3.00 e. The normalized spacial score (nSPS) is 10.0. The van der Waals surface area contributed by atoms with Gasteiger partial charge in [0.05, 0.1) is 0 Å². The standard InChI is InChI=1S/C8H12P.Sc.2H/c1-5-6(2)8(4)9-7(5)3;;;/h1-4H3;;;/q-1;+3;2*-1. The summed E-state index contributed by atoms with van der Waals surface area (Å²) in [5.41, 5.74) is 2.99. The van der Waals surface area contributed by atoms with Gasteiger partial charge in [0.15, 0.2) is 0 Å². The van der Waals surface area contributed by atoms with Crippen molar-refractivity contribution in [2.45, 2.75) is 27.7 Å². The Balaban J connectivity index is -0.000000270. The molecule has 1 heterocycles. The molecule has 0 saturated carbocycles. The van der Waals surface area contributed by atoms with E-state index >= 15 is 0 Å². The molecule has 0 atom stereocenters. The molecular weight excluding hydrogens is 172 g/mol. The van der Waals surface area contributed by atoms with Crippen LogP contribution < -0.4 is 0 Å². The molecule has 1 rings (SSSR count). The summed E-state index contributed by atoms with van der Waals surface area (Å²) in [6, 6.07) is 0. The summed E-state index contributed by atoms with van der Waals surface area (Å²) in [5.74, 6) is 0. The van der Waals surface area contributed by atoms with Gasteiger partial charge >= 0.3 is 25.8 Å². The summed E-state index contributed by atoms with van der Waals surface area (Å²) in [6.45, 7) is 8.82. The molecule has 0 aromatic carbocycles. The Morgan fingerprint density at radius 1 is 1.30 bits per heavy atom. The molecule has 0 aliphatic heterocycles. The van der Waals surface area contributed by atoms with Crippen LogP contribution in [0.3, 0.4) is 0 Å². The molecule has 0 nitrogen and oxygen atoms in total. The van der Waals surface area contributed by atoms with E-state index in [1.54, 1.807) is 0 Å². The van der Waals surface area contributed by atoms with Crippen LogP contribution in [0.1, 0.15) is 24.6 Å². The maximum atomic E-state index is 2.21. The number of hydrogen-bond donors (Lipinski definition) is 0. The van der Waals surface area contributed by atoms with Crippen molar-refractivity contribution in [1.29, 1.82) is 0 Å². The van der Waals surface area contributed by atoms with E-state index in [9.17, 15) is 0 Å². The van der Waals surface area contributed by atoms with Crippen LogP contribution in [0.4, 0.5) is 0 Å². The fraction of sp³-hybridized carbons (Fsp3) is 0.500. The number of aryl methyl sites for hydroxylation is 2. The van der Waals surface area contributed by atoms with E-state index in [1.165, 1.54) is 29.9 Å². The maximum absolute atomic E-state index is 2.21. The van der Waals surface area contributed by atoms with Gasteiger partial charge < -0.3 is 2.85 Å². The molecule has 0 unspecified atom stereocenters. The van der Waals surface area contributed by atoms with E-state index in [2.05, 4.69) is 27.7 Å². The molecule has 0 bridgehead atoms. The van der Waals surface area contributed by atoms with Gasteiger partial charge in [0.2, 0.25) is 0 Å². The van der Waals surface area contributed by atoms with Crippen molar-refractivity contribution in [2.24, 2.45) is 0 Å². The Morgan fingerprint density at radius 3 is 1.90 bits per heavy atom. The van der Waals surface area contributed by atoms with E-state index in [-0.39, 0.29) is 28.7 Å². The van der Waals surface area contributed by atoms with Crippen LogP contribution in [0.5, 0.6) is 0 Å². The van der Waals surface area contributed by atoms with Crippen molar-refractivity contribution in [3.05, 3.63) is 21.7 Å². The van der Waals surface area contributed by atoms with Crippen molar-refractivity contribution in [2.75, 3.05) is 0 Å². The molecule has 2 heteroatoms. The zero-order valence-corrected chi connectivity index (χ0v) is 9.72. The zero-order chi connectivity index (χ0) is 7.02. The van der Waals surface area contributed by atoms with Crippen LogP contribution in [0.2, 0.25) is 0 Å². The molecule has 0 amide bonds. The largest absolute Gasteiger partial charge is 3.00 e. The molecule has 0 fully saturated rings. The molecular formula is C8H14PSc. The Labute approximate surface area is 86.3 Å². The van der Waals surface area contributed by atoms with Gasteiger partial charge in [-0.1, -0.05) is 27.7 Å². The molecule has 1 aromatic heterocycles. The summed E-state index contributed by atoms with van der Waals surface area (Å²) < 4.78 is 0.